The largest absolute Gasteiger partial charge is 0.493 e. The molecule has 1 aliphatic heterocycles. The molecule has 1 amide bonds. The Morgan fingerprint density at radius 3 is 2.91 bits per heavy atom. The first-order valence-corrected chi connectivity index (χ1v) is 8.76. The van der Waals surface area contributed by atoms with Crippen LogP contribution in [0.4, 0.5) is 0 Å². The van der Waals surface area contributed by atoms with E-state index in [0.29, 0.717) is 19.6 Å². The number of thiazole rings is 1. The first-order chi connectivity index (χ1) is 11.0. The summed E-state index contributed by atoms with van der Waals surface area (Å²) in [6.07, 6.45) is 1.53. The van der Waals surface area contributed by atoms with Crippen LogP contribution in [0.5, 0.6) is 5.75 Å². The van der Waals surface area contributed by atoms with Crippen molar-refractivity contribution in [3.8, 4) is 5.75 Å². The van der Waals surface area contributed by atoms with Crippen molar-refractivity contribution in [3.63, 3.8) is 0 Å². The molecule has 1 aromatic heterocycles. The Labute approximate surface area is 140 Å². The highest BCUT2D eigenvalue weighted by Crippen LogP contribution is 2.38. The molecule has 0 radical (unpaired) electrons. The molecule has 1 unspecified atom stereocenters. The number of rotatable bonds is 4. The molecule has 0 saturated heterocycles. The lowest BCUT2D eigenvalue weighted by molar-refractivity contribution is -0.127. The molecule has 3 rings (SSSR count). The predicted octanol–water partition coefficient (Wildman–Crippen LogP) is 3.16. The predicted molar refractivity (Wildman–Crippen MR) is 92.2 cm³/mol. The monoisotopic (exact) mass is 330 g/mol. The third-order valence-electron chi connectivity index (χ3n) is 4.48. The zero-order valence-electron chi connectivity index (χ0n) is 13.8. The van der Waals surface area contributed by atoms with Gasteiger partial charge >= 0.3 is 0 Å². The SMILES string of the molecule is Cc1nc(C)c(CCNC(=O)C2(C)CCOc3ccccc32)s1. The maximum absolute atomic E-state index is 12.8. The zero-order valence-corrected chi connectivity index (χ0v) is 14.6. The van der Waals surface area contributed by atoms with Gasteiger partial charge in [0.15, 0.2) is 0 Å². The average Bonchev–Trinajstić information content (AvgIpc) is 2.85. The van der Waals surface area contributed by atoms with Gasteiger partial charge in [-0.1, -0.05) is 18.2 Å². The van der Waals surface area contributed by atoms with Crippen molar-refractivity contribution in [2.24, 2.45) is 0 Å². The van der Waals surface area contributed by atoms with Gasteiger partial charge in [-0.25, -0.2) is 4.98 Å². The number of amides is 1. The molecule has 1 aliphatic rings. The van der Waals surface area contributed by atoms with E-state index in [-0.39, 0.29) is 5.91 Å². The number of carbonyl (C=O) groups is 1. The van der Waals surface area contributed by atoms with E-state index in [1.807, 2.05) is 45.0 Å². The number of ether oxygens (including phenoxy) is 1. The first-order valence-electron chi connectivity index (χ1n) is 7.94. The first kappa shape index (κ1) is 16.0. The third-order valence-corrected chi connectivity index (χ3v) is 5.61. The van der Waals surface area contributed by atoms with Crippen LogP contribution in [0.1, 0.15) is 34.5 Å². The van der Waals surface area contributed by atoms with Crippen LogP contribution in [0.25, 0.3) is 0 Å². The number of benzene rings is 1. The van der Waals surface area contributed by atoms with Crippen LogP contribution in [0.3, 0.4) is 0 Å². The molecule has 5 heteroatoms. The summed E-state index contributed by atoms with van der Waals surface area (Å²) in [6.45, 7) is 7.26. The topological polar surface area (TPSA) is 51.2 Å². The molecule has 2 heterocycles. The van der Waals surface area contributed by atoms with Gasteiger partial charge in [-0.2, -0.15) is 0 Å². The number of aryl methyl sites for hydroxylation is 2. The second kappa shape index (κ2) is 6.32. The molecule has 0 saturated carbocycles. The highest BCUT2D eigenvalue weighted by molar-refractivity contribution is 7.11. The van der Waals surface area contributed by atoms with Crippen LogP contribution >= 0.6 is 11.3 Å². The van der Waals surface area contributed by atoms with Crippen molar-refractivity contribution >= 4 is 17.2 Å². The van der Waals surface area contributed by atoms with E-state index in [1.165, 1.54) is 4.88 Å². The molecular weight excluding hydrogens is 308 g/mol. The van der Waals surface area contributed by atoms with Gasteiger partial charge in [-0.05, 0) is 33.3 Å². The standard InChI is InChI=1S/C18H22N2O2S/c1-12-16(23-13(2)20-12)8-10-19-17(21)18(3)9-11-22-15-7-5-4-6-14(15)18/h4-7H,8-11H2,1-3H3,(H,19,21). The summed E-state index contributed by atoms with van der Waals surface area (Å²) < 4.78 is 5.67. The maximum Gasteiger partial charge on any atom is 0.230 e. The van der Waals surface area contributed by atoms with Crippen LogP contribution in [-0.2, 0) is 16.6 Å². The van der Waals surface area contributed by atoms with Gasteiger partial charge in [0.25, 0.3) is 0 Å². The van der Waals surface area contributed by atoms with Crippen LogP contribution in [0.15, 0.2) is 24.3 Å². The van der Waals surface area contributed by atoms with Crippen molar-refractivity contribution in [1.29, 1.82) is 0 Å². The fraction of sp³-hybridized carbons (Fsp3) is 0.444. The number of nitrogens with zero attached hydrogens (tertiary/aromatic N) is 1. The smallest absolute Gasteiger partial charge is 0.230 e. The Kier molecular flexibility index (Phi) is 4.39. The van der Waals surface area contributed by atoms with Crippen molar-refractivity contribution in [1.82, 2.24) is 10.3 Å². The molecule has 0 aliphatic carbocycles. The number of carbonyl (C=O) groups excluding carboxylic acids is 1. The Hall–Kier alpha value is -1.88. The van der Waals surface area contributed by atoms with Gasteiger partial charge in [-0.3, -0.25) is 4.79 Å². The number of nitrogens with one attached hydrogen (secondary N) is 1. The second-order valence-corrected chi connectivity index (χ2v) is 7.46. The minimum absolute atomic E-state index is 0.0761. The molecule has 4 nitrogen and oxygen atoms in total. The van der Waals surface area contributed by atoms with Crippen molar-refractivity contribution in [3.05, 3.63) is 45.4 Å². The Morgan fingerprint density at radius 1 is 1.39 bits per heavy atom. The average molecular weight is 330 g/mol. The third kappa shape index (κ3) is 3.11. The van der Waals surface area contributed by atoms with E-state index in [2.05, 4.69) is 10.3 Å². The molecular formula is C18H22N2O2S. The summed E-state index contributed by atoms with van der Waals surface area (Å²) in [5.41, 5.74) is 1.53. The molecule has 2 aromatic rings. The van der Waals surface area contributed by atoms with E-state index >= 15 is 0 Å². The summed E-state index contributed by atoms with van der Waals surface area (Å²) in [4.78, 5) is 18.5. The highest BCUT2D eigenvalue weighted by atomic mass is 32.1. The molecule has 0 spiro atoms. The molecule has 1 atom stereocenters. The molecule has 1 N–H and O–H groups in total. The second-order valence-electron chi connectivity index (χ2n) is 6.17. The maximum atomic E-state index is 12.8. The Balaban J connectivity index is 1.68. The molecule has 1 aromatic carbocycles. The highest BCUT2D eigenvalue weighted by Gasteiger charge is 2.39. The summed E-state index contributed by atoms with van der Waals surface area (Å²) in [6, 6.07) is 7.83. The lowest BCUT2D eigenvalue weighted by atomic mass is 9.77. The van der Waals surface area contributed by atoms with E-state index in [4.69, 9.17) is 4.74 Å². The lowest BCUT2D eigenvalue weighted by Crippen LogP contribution is -2.45. The van der Waals surface area contributed by atoms with E-state index in [1.54, 1.807) is 11.3 Å². The van der Waals surface area contributed by atoms with Crippen LogP contribution in [-0.4, -0.2) is 24.0 Å². The number of hydrogen-bond donors (Lipinski definition) is 1. The summed E-state index contributed by atoms with van der Waals surface area (Å²) in [5, 5.41) is 4.18. The Bertz CT molecular complexity index is 726. The van der Waals surface area contributed by atoms with Gasteiger partial charge in [0.05, 0.1) is 22.7 Å². The van der Waals surface area contributed by atoms with Crippen LogP contribution in [0, 0.1) is 13.8 Å². The number of para-hydroxylation sites is 1. The van der Waals surface area contributed by atoms with E-state index in [9.17, 15) is 4.79 Å². The molecule has 0 bridgehead atoms. The van der Waals surface area contributed by atoms with E-state index in [0.717, 1.165) is 28.4 Å². The van der Waals surface area contributed by atoms with Crippen LogP contribution < -0.4 is 10.1 Å². The lowest BCUT2D eigenvalue weighted by Gasteiger charge is -2.34. The van der Waals surface area contributed by atoms with Gasteiger partial charge in [0.1, 0.15) is 5.75 Å². The van der Waals surface area contributed by atoms with Gasteiger partial charge in [0, 0.05) is 23.4 Å². The normalized spacial score (nSPS) is 19.8. The zero-order chi connectivity index (χ0) is 16.4. The molecule has 23 heavy (non-hydrogen) atoms. The molecule has 0 fully saturated rings. The Morgan fingerprint density at radius 2 is 2.17 bits per heavy atom. The number of fused-ring (bicyclic) bond motifs is 1. The fourth-order valence-corrected chi connectivity index (χ4v) is 4.01. The van der Waals surface area contributed by atoms with Crippen molar-refractivity contribution in [2.75, 3.05) is 13.2 Å². The van der Waals surface area contributed by atoms with Gasteiger partial charge < -0.3 is 10.1 Å². The summed E-state index contributed by atoms with van der Waals surface area (Å²) in [5.74, 6) is 0.900. The molecule has 122 valence electrons. The minimum Gasteiger partial charge on any atom is -0.493 e. The van der Waals surface area contributed by atoms with E-state index < -0.39 is 5.41 Å². The fourth-order valence-electron chi connectivity index (χ4n) is 3.07. The quantitative estimate of drug-likeness (QED) is 0.937. The van der Waals surface area contributed by atoms with Crippen molar-refractivity contribution < 1.29 is 9.53 Å². The summed E-state index contributed by atoms with van der Waals surface area (Å²) >= 11 is 1.71. The minimum atomic E-state index is -0.520. The van der Waals surface area contributed by atoms with Gasteiger partial charge in [-0.15, -0.1) is 11.3 Å². The summed E-state index contributed by atoms with van der Waals surface area (Å²) in [7, 11) is 0. The number of hydrogen-bond acceptors (Lipinski definition) is 4. The van der Waals surface area contributed by atoms with Gasteiger partial charge in [0.2, 0.25) is 5.91 Å². The number of aromatic nitrogens is 1. The van der Waals surface area contributed by atoms with Crippen LogP contribution in [0.2, 0.25) is 0 Å². The van der Waals surface area contributed by atoms with Crippen molar-refractivity contribution in [2.45, 2.75) is 39.0 Å².